The Morgan fingerprint density at radius 2 is 2.17 bits per heavy atom. The van der Waals surface area contributed by atoms with Gasteiger partial charge in [0, 0.05) is 6.26 Å². The third-order valence-corrected chi connectivity index (χ3v) is 2.20. The van der Waals surface area contributed by atoms with Crippen molar-refractivity contribution in [2.45, 2.75) is 12.2 Å². The van der Waals surface area contributed by atoms with Gasteiger partial charge in [-0.25, -0.2) is 13.2 Å². The number of hydrogen-bond donors (Lipinski definition) is 0. The SMILES string of the molecule is CCOC(=O)[C@H](C#N)S(C)(=O)=O. The van der Waals surface area contributed by atoms with E-state index in [1.54, 1.807) is 0 Å². The zero-order chi connectivity index (χ0) is 9.78. The van der Waals surface area contributed by atoms with E-state index in [2.05, 4.69) is 4.74 Å². The Morgan fingerprint density at radius 3 is 2.42 bits per heavy atom. The first kappa shape index (κ1) is 10.9. The standard InChI is InChI=1S/C6H9NO4S/c1-3-11-6(8)5(4-7)12(2,9)10/h5H,3H2,1-2H3/t5-/m0/s1. The number of hydrogen-bond acceptors (Lipinski definition) is 5. The average molecular weight is 191 g/mol. The van der Waals surface area contributed by atoms with Crippen LogP contribution in [0.4, 0.5) is 0 Å². The Labute approximate surface area is 70.9 Å². The minimum atomic E-state index is -3.67. The van der Waals surface area contributed by atoms with E-state index < -0.39 is 21.1 Å². The van der Waals surface area contributed by atoms with Crippen molar-refractivity contribution in [2.75, 3.05) is 12.9 Å². The lowest BCUT2D eigenvalue weighted by molar-refractivity contribution is -0.141. The van der Waals surface area contributed by atoms with Gasteiger partial charge < -0.3 is 4.74 Å². The molecule has 0 spiro atoms. The van der Waals surface area contributed by atoms with E-state index in [0.717, 1.165) is 6.26 Å². The molecule has 0 heterocycles. The molecular formula is C6H9NO4S. The maximum atomic E-state index is 10.8. The van der Waals surface area contributed by atoms with E-state index in [9.17, 15) is 13.2 Å². The summed E-state index contributed by atoms with van der Waals surface area (Å²) in [7, 11) is -3.67. The van der Waals surface area contributed by atoms with Crippen LogP contribution in [0.1, 0.15) is 6.92 Å². The second-order valence-corrected chi connectivity index (χ2v) is 4.22. The second kappa shape index (κ2) is 4.07. The van der Waals surface area contributed by atoms with Gasteiger partial charge in [-0.15, -0.1) is 0 Å². The van der Waals surface area contributed by atoms with Crippen molar-refractivity contribution in [3.05, 3.63) is 0 Å². The molecule has 12 heavy (non-hydrogen) atoms. The van der Waals surface area contributed by atoms with E-state index in [4.69, 9.17) is 5.26 Å². The molecule has 0 amide bonds. The fourth-order valence-corrected chi connectivity index (χ4v) is 1.15. The zero-order valence-electron chi connectivity index (χ0n) is 6.77. The summed E-state index contributed by atoms with van der Waals surface area (Å²) in [5.41, 5.74) is 0. The molecule has 5 nitrogen and oxygen atoms in total. The Kier molecular flexibility index (Phi) is 3.70. The number of nitrogens with zero attached hydrogens (tertiary/aromatic N) is 1. The van der Waals surface area contributed by atoms with Crippen LogP contribution >= 0.6 is 0 Å². The lowest BCUT2D eigenvalue weighted by Gasteiger charge is -2.04. The number of carbonyl (C=O) groups excluding carboxylic acids is 1. The number of nitriles is 1. The normalized spacial score (nSPS) is 13.1. The van der Waals surface area contributed by atoms with Crippen molar-refractivity contribution >= 4 is 15.8 Å². The summed E-state index contributed by atoms with van der Waals surface area (Å²) in [5, 5.41) is 6.63. The van der Waals surface area contributed by atoms with Crippen molar-refractivity contribution in [2.24, 2.45) is 0 Å². The van der Waals surface area contributed by atoms with Crippen LogP contribution in [0.15, 0.2) is 0 Å². The van der Waals surface area contributed by atoms with E-state index in [1.165, 1.54) is 13.0 Å². The minimum Gasteiger partial charge on any atom is -0.464 e. The first-order chi connectivity index (χ1) is 5.43. The number of sulfone groups is 1. The highest BCUT2D eigenvalue weighted by Crippen LogP contribution is 2.00. The molecule has 0 bridgehead atoms. The molecule has 0 aliphatic rings. The van der Waals surface area contributed by atoms with Gasteiger partial charge in [0.2, 0.25) is 5.25 Å². The van der Waals surface area contributed by atoms with Gasteiger partial charge in [-0.3, -0.25) is 0 Å². The van der Waals surface area contributed by atoms with E-state index in [0.29, 0.717) is 0 Å². The maximum Gasteiger partial charge on any atom is 0.339 e. The molecule has 0 N–H and O–H groups in total. The van der Waals surface area contributed by atoms with Crippen LogP contribution in [0.5, 0.6) is 0 Å². The van der Waals surface area contributed by atoms with Gasteiger partial charge >= 0.3 is 5.97 Å². The van der Waals surface area contributed by atoms with Crippen LogP contribution in [0, 0.1) is 11.3 Å². The first-order valence-electron chi connectivity index (χ1n) is 3.18. The predicted octanol–water partition coefficient (Wildman–Crippen LogP) is -0.514. The van der Waals surface area contributed by atoms with Gasteiger partial charge in [-0.2, -0.15) is 5.26 Å². The van der Waals surface area contributed by atoms with Gasteiger partial charge in [-0.1, -0.05) is 0 Å². The lowest BCUT2D eigenvalue weighted by atomic mass is 10.5. The van der Waals surface area contributed by atoms with Crippen molar-refractivity contribution in [3.63, 3.8) is 0 Å². The number of ether oxygens (including phenoxy) is 1. The van der Waals surface area contributed by atoms with Crippen molar-refractivity contribution in [3.8, 4) is 6.07 Å². The highest BCUT2D eigenvalue weighted by atomic mass is 32.2. The summed E-state index contributed by atoms with van der Waals surface area (Å²) in [5.74, 6) is -1.01. The van der Waals surface area contributed by atoms with Crippen LogP contribution in [0.3, 0.4) is 0 Å². The van der Waals surface area contributed by atoms with Crippen LogP contribution < -0.4 is 0 Å². The highest BCUT2D eigenvalue weighted by Gasteiger charge is 2.29. The second-order valence-electron chi connectivity index (χ2n) is 2.09. The summed E-state index contributed by atoms with van der Waals surface area (Å²) in [4.78, 5) is 10.8. The average Bonchev–Trinajstić information content (AvgIpc) is 1.85. The minimum absolute atomic E-state index is 0.0620. The van der Waals surface area contributed by atoms with Crippen molar-refractivity contribution in [1.29, 1.82) is 5.26 Å². The van der Waals surface area contributed by atoms with Gasteiger partial charge in [0.1, 0.15) is 0 Å². The molecular weight excluding hydrogens is 182 g/mol. The molecule has 0 aliphatic heterocycles. The number of esters is 1. The summed E-state index contributed by atoms with van der Waals surface area (Å²) < 4.78 is 25.9. The molecule has 0 saturated heterocycles. The highest BCUT2D eigenvalue weighted by molar-refractivity contribution is 7.92. The summed E-state index contributed by atoms with van der Waals surface area (Å²) in [6, 6.07) is 1.36. The summed E-state index contributed by atoms with van der Waals surface area (Å²) in [6.45, 7) is 1.60. The quantitative estimate of drug-likeness (QED) is 0.561. The Hall–Kier alpha value is -1.09. The molecule has 0 rings (SSSR count). The largest absolute Gasteiger partial charge is 0.464 e. The van der Waals surface area contributed by atoms with Crippen molar-refractivity contribution in [1.82, 2.24) is 0 Å². The fraction of sp³-hybridized carbons (Fsp3) is 0.667. The summed E-state index contributed by atoms with van der Waals surface area (Å²) in [6.07, 6.45) is 0.817. The Morgan fingerprint density at radius 1 is 1.67 bits per heavy atom. The van der Waals surface area contributed by atoms with Crippen LogP contribution in [-0.4, -0.2) is 32.5 Å². The molecule has 0 aromatic rings. The molecule has 0 aromatic heterocycles. The topological polar surface area (TPSA) is 84.2 Å². The van der Waals surface area contributed by atoms with Crippen LogP contribution in [0.25, 0.3) is 0 Å². The number of rotatable bonds is 3. The fourth-order valence-electron chi connectivity index (χ4n) is 0.541. The summed E-state index contributed by atoms with van der Waals surface area (Å²) >= 11 is 0. The van der Waals surface area contributed by atoms with Gasteiger partial charge in [-0.05, 0) is 6.92 Å². The molecule has 0 aromatic carbocycles. The Balaban J connectivity index is 4.62. The van der Waals surface area contributed by atoms with Gasteiger partial charge in [0.05, 0.1) is 12.7 Å². The molecule has 6 heteroatoms. The van der Waals surface area contributed by atoms with Crippen LogP contribution in [0.2, 0.25) is 0 Å². The zero-order valence-corrected chi connectivity index (χ0v) is 7.59. The number of carbonyl (C=O) groups is 1. The molecule has 0 unspecified atom stereocenters. The molecule has 0 saturated carbocycles. The van der Waals surface area contributed by atoms with E-state index in [-0.39, 0.29) is 6.61 Å². The first-order valence-corrected chi connectivity index (χ1v) is 5.14. The maximum absolute atomic E-state index is 10.8. The predicted molar refractivity (Wildman–Crippen MR) is 40.9 cm³/mol. The smallest absolute Gasteiger partial charge is 0.339 e. The molecule has 1 atom stereocenters. The molecule has 68 valence electrons. The van der Waals surface area contributed by atoms with E-state index >= 15 is 0 Å². The third kappa shape index (κ3) is 2.88. The molecule has 0 aliphatic carbocycles. The molecule has 0 radical (unpaired) electrons. The lowest BCUT2D eigenvalue weighted by Crippen LogP contribution is -2.29. The van der Waals surface area contributed by atoms with E-state index in [1.807, 2.05) is 0 Å². The van der Waals surface area contributed by atoms with Gasteiger partial charge in [0.15, 0.2) is 9.84 Å². The monoisotopic (exact) mass is 191 g/mol. The molecule has 0 fully saturated rings. The Bertz CT molecular complexity index is 300. The van der Waals surface area contributed by atoms with Gasteiger partial charge in [0.25, 0.3) is 0 Å². The van der Waals surface area contributed by atoms with Crippen molar-refractivity contribution < 1.29 is 17.9 Å². The third-order valence-electron chi connectivity index (χ3n) is 1.05. The van der Waals surface area contributed by atoms with Crippen LogP contribution in [-0.2, 0) is 19.4 Å².